The molecule has 5 nitrogen and oxygen atoms in total. The molecule has 0 aliphatic carbocycles. The Morgan fingerprint density at radius 1 is 1.24 bits per heavy atom. The van der Waals surface area contributed by atoms with E-state index < -0.39 is 17.2 Å². The van der Waals surface area contributed by atoms with E-state index in [1.54, 1.807) is 4.90 Å². The smallest absolute Gasteiger partial charge is 0.410 e. The van der Waals surface area contributed by atoms with Crippen molar-refractivity contribution < 1.29 is 18.3 Å². The van der Waals surface area contributed by atoms with Gasteiger partial charge in [0, 0.05) is 25.2 Å². The highest BCUT2D eigenvalue weighted by atomic mass is 19.1. The molecule has 2 aliphatic heterocycles. The zero-order chi connectivity index (χ0) is 18.4. The summed E-state index contributed by atoms with van der Waals surface area (Å²) in [6, 6.07) is 2.42. The minimum atomic E-state index is -0.549. The van der Waals surface area contributed by atoms with Crippen molar-refractivity contribution in [2.75, 3.05) is 24.5 Å². The van der Waals surface area contributed by atoms with Crippen LogP contribution in [0, 0.1) is 11.6 Å². The summed E-state index contributed by atoms with van der Waals surface area (Å²) < 4.78 is 34.0. The van der Waals surface area contributed by atoms with Crippen molar-refractivity contribution in [2.24, 2.45) is 5.73 Å². The number of halogens is 2. The number of rotatable bonds is 3. The maximum atomic E-state index is 14.5. The van der Waals surface area contributed by atoms with Crippen molar-refractivity contribution in [1.82, 2.24) is 4.90 Å². The predicted octanol–water partition coefficient (Wildman–Crippen LogP) is 2.66. The molecule has 2 N–H and O–H groups in total. The van der Waals surface area contributed by atoms with Gasteiger partial charge in [0.25, 0.3) is 0 Å². The molecule has 2 bridgehead atoms. The highest BCUT2D eigenvalue weighted by Gasteiger charge is 2.47. The first-order chi connectivity index (χ1) is 11.7. The van der Waals surface area contributed by atoms with Gasteiger partial charge in [-0.05, 0) is 51.8 Å². The van der Waals surface area contributed by atoms with Gasteiger partial charge >= 0.3 is 6.09 Å². The van der Waals surface area contributed by atoms with E-state index in [1.807, 2.05) is 25.7 Å². The summed E-state index contributed by atoms with van der Waals surface area (Å²) in [5.74, 6) is -0.880. The number of piperazine rings is 1. The third-order valence-electron chi connectivity index (χ3n) is 4.71. The molecular formula is C18H25F2N3O2. The van der Waals surface area contributed by atoms with Gasteiger partial charge in [0.1, 0.15) is 17.2 Å². The second kappa shape index (κ2) is 6.44. The highest BCUT2D eigenvalue weighted by molar-refractivity contribution is 5.70. The summed E-state index contributed by atoms with van der Waals surface area (Å²) in [5, 5.41) is 0. The second-order valence-corrected chi connectivity index (χ2v) is 7.76. The zero-order valence-electron chi connectivity index (χ0n) is 14.9. The summed E-state index contributed by atoms with van der Waals surface area (Å²) >= 11 is 0. The zero-order valence-corrected chi connectivity index (χ0v) is 14.9. The average molecular weight is 353 g/mol. The van der Waals surface area contributed by atoms with Gasteiger partial charge in [-0.1, -0.05) is 0 Å². The number of ether oxygens (including phenoxy) is 1. The van der Waals surface area contributed by atoms with E-state index in [0.717, 1.165) is 6.42 Å². The van der Waals surface area contributed by atoms with Crippen LogP contribution in [0.25, 0.3) is 0 Å². The van der Waals surface area contributed by atoms with Crippen LogP contribution in [0.1, 0.15) is 32.8 Å². The molecule has 2 atom stereocenters. The number of hydrogen-bond donors (Lipinski definition) is 1. The molecule has 138 valence electrons. The van der Waals surface area contributed by atoms with Crippen molar-refractivity contribution >= 4 is 11.8 Å². The van der Waals surface area contributed by atoms with Crippen LogP contribution in [0.3, 0.4) is 0 Å². The largest absolute Gasteiger partial charge is 0.444 e. The Morgan fingerprint density at radius 2 is 1.96 bits per heavy atom. The van der Waals surface area contributed by atoms with Gasteiger partial charge in [0.05, 0.1) is 11.7 Å². The Balaban J connectivity index is 1.73. The van der Waals surface area contributed by atoms with Crippen LogP contribution in [0.5, 0.6) is 0 Å². The van der Waals surface area contributed by atoms with E-state index in [9.17, 15) is 13.6 Å². The first-order valence-electron chi connectivity index (χ1n) is 8.64. The third kappa shape index (κ3) is 3.56. The quantitative estimate of drug-likeness (QED) is 0.908. The molecule has 0 radical (unpaired) electrons. The van der Waals surface area contributed by atoms with Crippen molar-refractivity contribution in [3.63, 3.8) is 0 Å². The van der Waals surface area contributed by atoms with Gasteiger partial charge in [0.2, 0.25) is 0 Å². The van der Waals surface area contributed by atoms with E-state index in [4.69, 9.17) is 10.5 Å². The number of benzene rings is 1. The minimum Gasteiger partial charge on any atom is -0.444 e. The second-order valence-electron chi connectivity index (χ2n) is 7.76. The lowest BCUT2D eigenvalue weighted by Crippen LogP contribution is -2.50. The molecule has 1 aromatic carbocycles. The summed E-state index contributed by atoms with van der Waals surface area (Å²) in [6.07, 6.45) is 0.705. The third-order valence-corrected chi connectivity index (χ3v) is 4.71. The molecule has 0 spiro atoms. The highest BCUT2D eigenvalue weighted by Crippen LogP contribution is 2.37. The van der Waals surface area contributed by atoms with Crippen LogP contribution in [0.15, 0.2) is 12.1 Å². The Morgan fingerprint density at radius 3 is 2.52 bits per heavy atom. The van der Waals surface area contributed by atoms with Gasteiger partial charge in [0.15, 0.2) is 0 Å². The maximum Gasteiger partial charge on any atom is 0.410 e. The number of hydrogen-bond acceptors (Lipinski definition) is 4. The molecule has 25 heavy (non-hydrogen) atoms. The monoisotopic (exact) mass is 353 g/mol. The molecule has 2 heterocycles. The molecule has 0 saturated carbocycles. The summed E-state index contributed by atoms with van der Waals surface area (Å²) in [7, 11) is 0. The summed E-state index contributed by atoms with van der Waals surface area (Å²) in [6.45, 7) is 6.70. The number of anilines is 1. The molecule has 0 unspecified atom stereocenters. The molecule has 1 aromatic rings. The van der Waals surface area contributed by atoms with E-state index >= 15 is 0 Å². The first kappa shape index (κ1) is 17.9. The molecule has 7 heteroatoms. The normalized spacial score (nSPS) is 22.6. The number of fused-ring (bicyclic) bond motifs is 2. The molecule has 2 aliphatic rings. The number of carbonyl (C=O) groups is 1. The molecule has 2 saturated heterocycles. The van der Waals surface area contributed by atoms with Crippen LogP contribution in [0.2, 0.25) is 0 Å². The molecular weight excluding hydrogens is 328 g/mol. The van der Waals surface area contributed by atoms with Crippen LogP contribution in [0.4, 0.5) is 19.3 Å². The number of carbonyl (C=O) groups excluding carboxylic acids is 1. The minimum absolute atomic E-state index is 0.0215. The molecule has 2 fully saturated rings. The van der Waals surface area contributed by atoms with Crippen LogP contribution >= 0.6 is 0 Å². The lowest BCUT2D eigenvalue weighted by Gasteiger charge is -2.36. The lowest BCUT2D eigenvalue weighted by molar-refractivity contribution is 0.0214. The predicted molar refractivity (Wildman–Crippen MR) is 91.6 cm³/mol. The first-order valence-corrected chi connectivity index (χ1v) is 8.64. The van der Waals surface area contributed by atoms with Crippen molar-refractivity contribution in [3.05, 3.63) is 29.3 Å². The average Bonchev–Trinajstić information content (AvgIpc) is 3.09. The fourth-order valence-corrected chi connectivity index (χ4v) is 3.65. The van der Waals surface area contributed by atoms with E-state index in [2.05, 4.69) is 0 Å². The Bertz CT molecular complexity index is 675. The van der Waals surface area contributed by atoms with Crippen LogP contribution < -0.4 is 10.6 Å². The lowest BCUT2D eigenvalue weighted by atomic mass is 10.1. The summed E-state index contributed by atoms with van der Waals surface area (Å²) in [4.78, 5) is 15.8. The molecule has 3 rings (SSSR count). The SMILES string of the molecule is CC(C)(C)OC(=O)N1C[C@@H]2C[C@H]1CN2c1cc(F)c(CCN)cc1F. The summed E-state index contributed by atoms with van der Waals surface area (Å²) in [5.41, 5.74) is 5.43. The van der Waals surface area contributed by atoms with Gasteiger partial charge in [-0.25, -0.2) is 13.6 Å². The van der Waals surface area contributed by atoms with E-state index in [-0.39, 0.29) is 30.4 Å². The Kier molecular flexibility index (Phi) is 4.62. The van der Waals surface area contributed by atoms with Gasteiger partial charge in [-0.3, -0.25) is 0 Å². The Labute approximate surface area is 146 Å². The van der Waals surface area contributed by atoms with Gasteiger partial charge in [-0.2, -0.15) is 0 Å². The van der Waals surface area contributed by atoms with Crippen molar-refractivity contribution in [1.29, 1.82) is 0 Å². The topological polar surface area (TPSA) is 58.8 Å². The van der Waals surface area contributed by atoms with Gasteiger partial charge < -0.3 is 20.3 Å². The van der Waals surface area contributed by atoms with E-state index in [1.165, 1.54) is 12.1 Å². The van der Waals surface area contributed by atoms with Crippen LogP contribution in [-0.2, 0) is 11.2 Å². The number of likely N-dealkylation sites (tertiary alicyclic amines) is 1. The van der Waals surface area contributed by atoms with Crippen molar-refractivity contribution in [3.8, 4) is 0 Å². The fourth-order valence-electron chi connectivity index (χ4n) is 3.65. The maximum absolute atomic E-state index is 14.5. The van der Waals surface area contributed by atoms with E-state index in [0.29, 0.717) is 25.1 Å². The Hall–Kier alpha value is -1.89. The van der Waals surface area contributed by atoms with Crippen LogP contribution in [-0.4, -0.2) is 48.3 Å². The van der Waals surface area contributed by atoms with Crippen molar-refractivity contribution in [2.45, 2.75) is 51.3 Å². The molecule has 0 aromatic heterocycles. The van der Waals surface area contributed by atoms with Gasteiger partial charge in [-0.15, -0.1) is 0 Å². The number of nitrogens with two attached hydrogens (primary N) is 1. The number of nitrogens with zero attached hydrogens (tertiary/aromatic N) is 2. The fraction of sp³-hybridized carbons (Fsp3) is 0.611. The standard InChI is InChI=1S/C18H25F2N3O2/c1-18(2,3)25-17(24)23-10-12-7-13(23)9-22(12)16-8-14(19)11(4-5-21)6-15(16)20/h6,8,12-13H,4-5,7,9-10,21H2,1-3H3/t12-,13-/m0/s1. The number of amides is 1. The molecule has 1 amide bonds.